The molecule has 0 unspecified atom stereocenters. The first-order valence-corrected chi connectivity index (χ1v) is 11.1. The highest BCUT2D eigenvalue weighted by Gasteiger charge is 2.23. The minimum atomic E-state index is -0.272. The molecule has 2 amide bonds. The van der Waals surface area contributed by atoms with Gasteiger partial charge >= 0.3 is 0 Å². The van der Waals surface area contributed by atoms with Crippen molar-refractivity contribution >= 4 is 23.7 Å². The Labute approximate surface area is 195 Å². The van der Waals surface area contributed by atoms with Crippen LogP contribution in [0.25, 0.3) is 17.0 Å². The first-order chi connectivity index (χ1) is 16.6. The van der Waals surface area contributed by atoms with E-state index in [0.717, 1.165) is 24.8 Å². The summed E-state index contributed by atoms with van der Waals surface area (Å²) in [7, 11) is 0. The van der Waals surface area contributed by atoms with Crippen molar-refractivity contribution in [2.45, 2.75) is 32.4 Å². The second-order valence-electron chi connectivity index (χ2n) is 8.19. The van der Waals surface area contributed by atoms with Gasteiger partial charge in [-0.15, -0.1) is 0 Å². The van der Waals surface area contributed by atoms with Gasteiger partial charge in [0.2, 0.25) is 18.1 Å². The van der Waals surface area contributed by atoms with E-state index < -0.39 is 0 Å². The van der Waals surface area contributed by atoms with Crippen molar-refractivity contribution in [2.75, 3.05) is 18.5 Å². The van der Waals surface area contributed by atoms with Crippen molar-refractivity contribution in [1.29, 1.82) is 0 Å². The molecule has 34 heavy (non-hydrogen) atoms. The number of imidazole rings is 1. The third-order valence-electron chi connectivity index (χ3n) is 5.97. The van der Waals surface area contributed by atoms with E-state index in [4.69, 9.17) is 9.26 Å². The normalized spacial score (nSPS) is 14.3. The van der Waals surface area contributed by atoms with Crippen molar-refractivity contribution in [3.63, 3.8) is 0 Å². The van der Waals surface area contributed by atoms with E-state index in [0.29, 0.717) is 47.5 Å². The molecule has 1 fully saturated rings. The van der Waals surface area contributed by atoms with Crippen LogP contribution in [0.2, 0.25) is 0 Å². The van der Waals surface area contributed by atoms with E-state index in [-0.39, 0.29) is 18.5 Å². The van der Waals surface area contributed by atoms with E-state index in [1.807, 2.05) is 37.3 Å². The molecule has 4 aromatic rings. The monoisotopic (exact) mass is 460 g/mol. The number of benzene rings is 1. The average molecular weight is 460 g/mol. The largest absolute Gasteiger partial charge is 0.381 e. The number of pyridine rings is 1. The Morgan fingerprint density at radius 2 is 2.12 bits per heavy atom. The zero-order valence-electron chi connectivity index (χ0n) is 18.7. The molecular formula is C24H24N6O4. The second kappa shape index (κ2) is 9.44. The van der Waals surface area contributed by atoms with Crippen LogP contribution in [0.5, 0.6) is 0 Å². The molecule has 0 radical (unpaired) electrons. The Kier molecular flexibility index (Phi) is 6.05. The fraction of sp³-hybridized carbons (Fsp3) is 0.292. The molecule has 3 aromatic heterocycles. The van der Waals surface area contributed by atoms with E-state index >= 15 is 0 Å². The summed E-state index contributed by atoms with van der Waals surface area (Å²) in [6.45, 7) is 3.42. The van der Waals surface area contributed by atoms with Crippen LogP contribution < -0.4 is 5.32 Å². The fourth-order valence-corrected chi connectivity index (χ4v) is 4.04. The summed E-state index contributed by atoms with van der Waals surface area (Å²) in [5.74, 6) is 0.467. The predicted molar refractivity (Wildman–Crippen MR) is 123 cm³/mol. The summed E-state index contributed by atoms with van der Waals surface area (Å²) in [5, 5.41) is 7.03. The van der Waals surface area contributed by atoms with Crippen LogP contribution in [0.3, 0.4) is 0 Å². The number of amides is 2. The van der Waals surface area contributed by atoms with Gasteiger partial charge < -0.3 is 19.5 Å². The third-order valence-corrected chi connectivity index (χ3v) is 5.97. The third kappa shape index (κ3) is 4.40. The average Bonchev–Trinajstić information content (AvgIpc) is 3.52. The van der Waals surface area contributed by atoms with E-state index in [2.05, 4.69) is 20.4 Å². The summed E-state index contributed by atoms with van der Waals surface area (Å²) in [6, 6.07) is 11.2. The number of aromatic nitrogens is 4. The number of carbonyl (C=O) groups excluding carboxylic acids is 2. The lowest BCUT2D eigenvalue weighted by Crippen LogP contribution is -2.38. The summed E-state index contributed by atoms with van der Waals surface area (Å²) < 4.78 is 12.5. The van der Waals surface area contributed by atoms with E-state index in [9.17, 15) is 9.59 Å². The number of anilines is 1. The Hall–Kier alpha value is -4.05. The van der Waals surface area contributed by atoms with Gasteiger partial charge in [-0.05, 0) is 43.5 Å². The van der Waals surface area contributed by atoms with Gasteiger partial charge in [-0.25, -0.2) is 4.98 Å². The zero-order valence-corrected chi connectivity index (χ0v) is 18.7. The van der Waals surface area contributed by atoms with Crippen molar-refractivity contribution < 1.29 is 18.8 Å². The molecule has 10 heteroatoms. The highest BCUT2D eigenvalue weighted by atomic mass is 16.5. The van der Waals surface area contributed by atoms with Gasteiger partial charge in [-0.2, -0.15) is 4.98 Å². The van der Waals surface area contributed by atoms with Crippen molar-refractivity contribution in [3.05, 3.63) is 65.9 Å². The van der Waals surface area contributed by atoms with Crippen LogP contribution >= 0.6 is 0 Å². The predicted octanol–water partition coefficient (Wildman–Crippen LogP) is 3.08. The second-order valence-corrected chi connectivity index (χ2v) is 8.19. The lowest BCUT2D eigenvalue weighted by Gasteiger charge is -2.30. The molecular weight excluding hydrogens is 436 g/mol. The summed E-state index contributed by atoms with van der Waals surface area (Å²) in [6.07, 6.45) is 5.73. The Morgan fingerprint density at radius 1 is 1.26 bits per heavy atom. The highest BCUT2D eigenvalue weighted by molar-refractivity contribution is 6.04. The van der Waals surface area contributed by atoms with E-state index in [1.54, 1.807) is 27.8 Å². The van der Waals surface area contributed by atoms with Crippen LogP contribution in [0.1, 0.15) is 34.8 Å². The van der Waals surface area contributed by atoms with Crippen LogP contribution in [-0.2, 0) is 16.1 Å². The van der Waals surface area contributed by atoms with Crippen LogP contribution in [-0.4, -0.2) is 56.0 Å². The number of fused-ring (bicyclic) bond motifs is 1. The standard InChI is InChI=1S/C24H24N6O4/c1-16-5-6-17(12-19(16)26-24(32)20-13-25-21-4-2-3-9-30(20)21)23-27-22(34-28-23)14-29(15-31)18-7-10-33-11-8-18/h2-6,9,12-13,15,18H,7-8,10-11,14H2,1H3,(H,26,32). The number of nitrogens with zero attached hydrogens (tertiary/aromatic N) is 5. The molecule has 1 saturated heterocycles. The SMILES string of the molecule is Cc1ccc(-c2noc(CN(C=O)C3CCOCC3)n2)cc1NC(=O)c1cnc2ccccn12. The quantitative estimate of drug-likeness (QED) is 0.422. The Balaban J connectivity index is 1.33. The molecule has 0 aliphatic carbocycles. The Bertz CT molecular complexity index is 1320. The van der Waals surface area contributed by atoms with Crippen molar-refractivity contribution in [1.82, 2.24) is 24.4 Å². The van der Waals surface area contributed by atoms with Gasteiger partial charge in [0.25, 0.3) is 5.91 Å². The molecule has 1 aromatic carbocycles. The molecule has 0 spiro atoms. The van der Waals surface area contributed by atoms with Crippen LogP contribution in [0.4, 0.5) is 5.69 Å². The highest BCUT2D eigenvalue weighted by Crippen LogP contribution is 2.25. The first-order valence-electron chi connectivity index (χ1n) is 11.1. The molecule has 5 rings (SSSR count). The minimum Gasteiger partial charge on any atom is -0.381 e. The molecule has 1 aliphatic rings. The summed E-state index contributed by atoms with van der Waals surface area (Å²) >= 11 is 0. The maximum atomic E-state index is 12.9. The maximum absolute atomic E-state index is 12.9. The zero-order chi connectivity index (χ0) is 23.5. The molecule has 4 heterocycles. The van der Waals surface area contributed by atoms with Crippen molar-refractivity contribution in [3.8, 4) is 11.4 Å². The van der Waals surface area contributed by atoms with Gasteiger partial charge in [0, 0.05) is 36.7 Å². The first kappa shape index (κ1) is 21.8. The minimum absolute atomic E-state index is 0.0995. The number of rotatable bonds is 7. The smallest absolute Gasteiger partial charge is 0.274 e. The molecule has 1 aliphatic heterocycles. The van der Waals surface area contributed by atoms with Gasteiger partial charge in [0.05, 0.1) is 6.20 Å². The molecule has 0 atom stereocenters. The summed E-state index contributed by atoms with van der Waals surface area (Å²) in [4.78, 5) is 34.9. The number of nitrogens with one attached hydrogen (secondary N) is 1. The van der Waals surface area contributed by atoms with Gasteiger partial charge in [0.15, 0.2) is 0 Å². The van der Waals surface area contributed by atoms with Crippen LogP contribution in [0.15, 0.2) is 53.3 Å². The number of hydrogen-bond donors (Lipinski definition) is 1. The van der Waals surface area contributed by atoms with Gasteiger partial charge in [0.1, 0.15) is 17.9 Å². The molecule has 10 nitrogen and oxygen atoms in total. The maximum Gasteiger partial charge on any atom is 0.274 e. The Morgan fingerprint density at radius 3 is 2.94 bits per heavy atom. The van der Waals surface area contributed by atoms with Crippen LogP contribution in [0, 0.1) is 6.92 Å². The van der Waals surface area contributed by atoms with Gasteiger partial charge in [-0.1, -0.05) is 23.4 Å². The summed E-state index contributed by atoms with van der Waals surface area (Å²) in [5.41, 5.74) is 3.35. The number of ether oxygens (including phenoxy) is 1. The van der Waals surface area contributed by atoms with Crippen molar-refractivity contribution in [2.24, 2.45) is 0 Å². The molecule has 0 saturated carbocycles. The lowest BCUT2D eigenvalue weighted by atomic mass is 10.1. The number of hydrogen-bond acceptors (Lipinski definition) is 7. The molecule has 174 valence electrons. The molecule has 0 bridgehead atoms. The lowest BCUT2D eigenvalue weighted by molar-refractivity contribution is -0.123. The fourth-order valence-electron chi connectivity index (χ4n) is 4.04. The molecule has 1 N–H and O–H groups in total. The van der Waals surface area contributed by atoms with E-state index in [1.165, 1.54) is 0 Å². The van der Waals surface area contributed by atoms with Gasteiger partial charge in [-0.3, -0.25) is 14.0 Å². The number of carbonyl (C=O) groups is 2. The number of aryl methyl sites for hydroxylation is 1. The topological polar surface area (TPSA) is 115 Å².